The second-order valence-electron chi connectivity index (χ2n) is 4.09. The molecule has 1 N–H and O–H groups in total. The Balaban J connectivity index is 2.81. The van der Waals surface area contributed by atoms with E-state index in [0.717, 1.165) is 0 Å². The maximum atomic E-state index is 10.9. The van der Waals surface area contributed by atoms with E-state index >= 15 is 0 Å². The summed E-state index contributed by atoms with van der Waals surface area (Å²) in [5, 5.41) is 8.91. The second-order valence-corrected chi connectivity index (χ2v) is 5.89. The van der Waals surface area contributed by atoms with Gasteiger partial charge in [0.25, 0.3) is 0 Å². The first-order chi connectivity index (χ1) is 6.90. The van der Waals surface area contributed by atoms with Crippen LogP contribution in [0, 0.1) is 0 Å². The molecule has 0 fully saturated rings. The molecule has 0 radical (unpaired) electrons. The minimum absolute atomic E-state index is 0.0979. The summed E-state index contributed by atoms with van der Waals surface area (Å²) in [7, 11) is 0. The molecule has 1 aromatic heterocycles. The fraction of sp³-hybridized carbons (Fsp3) is 0.500. The number of hydrogen-bond acceptors (Lipinski definition) is 4. The monoisotopic (exact) mass is 226 g/mol. The minimum Gasteiger partial charge on any atom is -0.478 e. The molecule has 0 aromatic carbocycles. The van der Waals surface area contributed by atoms with E-state index in [0.29, 0.717) is 11.4 Å². The first-order valence-corrected chi connectivity index (χ1v) is 5.55. The van der Waals surface area contributed by atoms with Crippen LogP contribution in [0.1, 0.15) is 36.8 Å². The number of carbonyl (C=O) groups is 1. The van der Waals surface area contributed by atoms with Crippen LogP contribution in [-0.4, -0.2) is 25.8 Å². The van der Waals surface area contributed by atoms with Crippen molar-refractivity contribution in [2.75, 3.05) is 0 Å². The Morgan fingerprint density at radius 2 is 2.20 bits per heavy atom. The Hall–Kier alpha value is -1.10. The molecule has 0 unspecified atom stereocenters. The Bertz CT molecular complexity index is 361. The normalized spacial score (nSPS) is 11.4. The molecule has 1 aromatic rings. The molecule has 82 valence electrons. The van der Waals surface area contributed by atoms with E-state index in [4.69, 9.17) is 5.11 Å². The number of aromatic nitrogens is 2. The van der Waals surface area contributed by atoms with E-state index in [2.05, 4.69) is 30.7 Å². The largest absolute Gasteiger partial charge is 0.478 e. The van der Waals surface area contributed by atoms with Crippen molar-refractivity contribution in [3.63, 3.8) is 0 Å². The molecule has 0 amide bonds. The van der Waals surface area contributed by atoms with Crippen molar-refractivity contribution < 1.29 is 9.90 Å². The van der Waals surface area contributed by atoms with Crippen molar-refractivity contribution in [1.29, 1.82) is 0 Å². The summed E-state index contributed by atoms with van der Waals surface area (Å²) < 4.78 is 0.0979. The topological polar surface area (TPSA) is 63.1 Å². The van der Waals surface area contributed by atoms with E-state index < -0.39 is 5.97 Å². The molecule has 0 saturated heterocycles. The number of nitrogens with zero attached hydrogens (tertiary/aromatic N) is 2. The fourth-order valence-corrected chi connectivity index (χ4v) is 1.73. The van der Waals surface area contributed by atoms with Gasteiger partial charge in [0, 0.05) is 16.7 Å². The molecular weight excluding hydrogens is 212 g/mol. The summed E-state index contributed by atoms with van der Waals surface area (Å²) in [5.41, 5.74) is 0.770. The highest BCUT2D eigenvalue weighted by Crippen LogP contribution is 2.27. The van der Waals surface area contributed by atoms with Crippen molar-refractivity contribution in [2.24, 2.45) is 0 Å². The zero-order valence-corrected chi connectivity index (χ0v) is 9.84. The van der Waals surface area contributed by atoms with Gasteiger partial charge in [0.2, 0.25) is 0 Å². The zero-order valence-electron chi connectivity index (χ0n) is 9.02. The maximum absolute atomic E-state index is 10.9. The molecule has 0 aliphatic rings. The average molecular weight is 226 g/mol. The molecule has 5 heteroatoms. The third-order valence-electron chi connectivity index (χ3n) is 1.67. The Morgan fingerprint density at radius 1 is 1.53 bits per heavy atom. The zero-order chi connectivity index (χ0) is 11.5. The van der Waals surface area contributed by atoms with Crippen LogP contribution in [0.3, 0.4) is 0 Å². The van der Waals surface area contributed by atoms with E-state index in [1.807, 2.05) is 0 Å². The number of hydrogen-bond donors (Lipinski definition) is 1. The van der Waals surface area contributed by atoms with Crippen LogP contribution in [0.2, 0.25) is 0 Å². The molecule has 0 aliphatic carbocycles. The molecule has 0 atom stereocenters. The molecule has 1 heterocycles. The van der Waals surface area contributed by atoms with Crippen molar-refractivity contribution >= 4 is 17.7 Å². The van der Waals surface area contributed by atoms with Crippen LogP contribution in [0.15, 0.2) is 12.5 Å². The van der Waals surface area contributed by atoms with Crippen LogP contribution in [0.4, 0.5) is 0 Å². The maximum Gasteiger partial charge on any atom is 0.339 e. The van der Waals surface area contributed by atoms with E-state index in [-0.39, 0.29) is 10.3 Å². The summed E-state index contributed by atoms with van der Waals surface area (Å²) in [6, 6.07) is 0. The molecule has 1 rings (SSSR count). The smallest absolute Gasteiger partial charge is 0.339 e. The fourth-order valence-electron chi connectivity index (χ4n) is 0.933. The number of aromatic carboxylic acids is 1. The molecule has 0 spiro atoms. The summed E-state index contributed by atoms with van der Waals surface area (Å²) in [4.78, 5) is 18.6. The summed E-state index contributed by atoms with van der Waals surface area (Å²) >= 11 is 1.66. The minimum atomic E-state index is -0.972. The van der Waals surface area contributed by atoms with Crippen LogP contribution in [-0.2, 0) is 5.75 Å². The van der Waals surface area contributed by atoms with E-state index in [1.165, 1.54) is 12.5 Å². The number of thioether (sulfide) groups is 1. The van der Waals surface area contributed by atoms with Gasteiger partial charge in [-0.25, -0.2) is 14.8 Å². The summed E-state index contributed by atoms with van der Waals surface area (Å²) in [6.07, 6.45) is 2.72. The molecule has 0 saturated carbocycles. The van der Waals surface area contributed by atoms with Gasteiger partial charge in [0.1, 0.15) is 11.9 Å². The lowest BCUT2D eigenvalue weighted by atomic mass is 10.2. The Kier molecular flexibility index (Phi) is 3.68. The van der Waals surface area contributed by atoms with E-state index in [1.54, 1.807) is 11.8 Å². The first-order valence-electron chi connectivity index (χ1n) is 4.56. The molecule has 0 bridgehead atoms. The van der Waals surface area contributed by atoms with Gasteiger partial charge in [-0.05, 0) is 0 Å². The van der Waals surface area contributed by atoms with Gasteiger partial charge in [0.15, 0.2) is 0 Å². The highest BCUT2D eigenvalue weighted by Gasteiger charge is 2.15. The summed E-state index contributed by atoms with van der Waals surface area (Å²) in [6.45, 7) is 6.25. The van der Waals surface area contributed by atoms with Crippen molar-refractivity contribution in [1.82, 2.24) is 9.97 Å². The van der Waals surface area contributed by atoms with Crippen molar-refractivity contribution in [2.45, 2.75) is 31.3 Å². The van der Waals surface area contributed by atoms with Gasteiger partial charge >= 0.3 is 5.97 Å². The number of rotatable bonds is 3. The Labute approximate surface area is 93.1 Å². The molecule has 4 nitrogen and oxygen atoms in total. The quantitative estimate of drug-likeness (QED) is 0.856. The lowest BCUT2D eigenvalue weighted by molar-refractivity contribution is 0.0695. The highest BCUT2D eigenvalue weighted by molar-refractivity contribution is 7.99. The van der Waals surface area contributed by atoms with Gasteiger partial charge in [-0.15, -0.1) is 11.8 Å². The number of carboxylic acid groups (broad SMARTS) is 1. The van der Waals surface area contributed by atoms with E-state index in [9.17, 15) is 4.79 Å². The van der Waals surface area contributed by atoms with Crippen LogP contribution in [0.25, 0.3) is 0 Å². The third kappa shape index (κ3) is 3.87. The predicted octanol–water partition coefficient (Wildman–Crippen LogP) is 2.21. The molecule has 15 heavy (non-hydrogen) atoms. The first kappa shape index (κ1) is 12.0. The number of carboxylic acids is 1. The van der Waals surface area contributed by atoms with Gasteiger partial charge in [0.05, 0.1) is 5.69 Å². The van der Waals surface area contributed by atoms with Crippen molar-refractivity contribution in [3.8, 4) is 0 Å². The van der Waals surface area contributed by atoms with Crippen LogP contribution in [0.5, 0.6) is 0 Å². The van der Waals surface area contributed by atoms with Gasteiger partial charge < -0.3 is 5.11 Å². The lowest BCUT2D eigenvalue weighted by Crippen LogP contribution is -2.10. The third-order valence-corrected chi connectivity index (χ3v) is 2.95. The highest BCUT2D eigenvalue weighted by atomic mass is 32.2. The van der Waals surface area contributed by atoms with Crippen molar-refractivity contribution in [3.05, 3.63) is 23.8 Å². The van der Waals surface area contributed by atoms with Gasteiger partial charge in [-0.1, -0.05) is 20.8 Å². The van der Waals surface area contributed by atoms with Crippen LogP contribution >= 0.6 is 11.8 Å². The standard InChI is InChI=1S/C10H14N2O2S/c1-10(2,3)15-5-8-7(9(13)14)4-11-6-12-8/h4,6H,5H2,1-3H3,(H,13,14). The summed E-state index contributed by atoms with van der Waals surface area (Å²) in [5.74, 6) is -0.381. The molecule has 0 aliphatic heterocycles. The van der Waals surface area contributed by atoms with Gasteiger partial charge in [-0.3, -0.25) is 0 Å². The SMILES string of the molecule is CC(C)(C)SCc1ncncc1C(=O)O. The lowest BCUT2D eigenvalue weighted by Gasteiger charge is -2.17. The predicted molar refractivity (Wildman–Crippen MR) is 60.0 cm³/mol. The van der Waals surface area contributed by atoms with Gasteiger partial charge in [-0.2, -0.15) is 0 Å². The Morgan fingerprint density at radius 3 is 2.73 bits per heavy atom. The van der Waals surface area contributed by atoms with Crippen LogP contribution < -0.4 is 0 Å². The average Bonchev–Trinajstić information content (AvgIpc) is 2.14. The second kappa shape index (κ2) is 4.61. The molecular formula is C10H14N2O2S.